The fraction of sp³-hybridized carbons (Fsp3) is 0.267. The maximum Gasteiger partial charge on any atom is 0.181 e. The van der Waals surface area contributed by atoms with E-state index in [1.54, 1.807) is 24.4 Å². The summed E-state index contributed by atoms with van der Waals surface area (Å²) in [5.41, 5.74) is 2.88. The minimum absolute atomic E-state index is 0.702. The number of nitrogens with one attached hydrogen (secondary N) is 2. The number of hydrogen-bond donors (Lipinski definition) is 2. The molecule has 3 aromatic rings. The summed E-state index contributed by atoms with van der Waals surface area (Å²) in [4.78, 5) is 16.8. The highest BCUT2D eigenvalue weighted by molar-refractivity contribution is 7.99. The summed E-state index contributed by atoms with van der Waals surface area (Å²) in [7, 11) is 0. The molecule has 5 nitrogen and oxygen atoms in total. The predicted molar refractivity (Wildman–Crippen MR) is 84.2 cm³/mol. The van der Waals surface area contributed by atoms with Crippen LogP contribution in [-0.4, -0.2) is 26.5 Å². The summed E-state index contributed by atoms with van der Waals surface area (Å²) in [5, 5.41) is 4.30. The molecule has 1 aromatic carbocycles. The molecule has 0 aliphatic carbocycles. The van der Waals surface area contributed by atoms with Crippen LogP contribution in [0.1, 0.15) is 18.9 Å². The van der Waals surface area contributed by atoms with Crippen molar-refractivity contribution in [2.75, 3.05) is 6.54 Å². The summed E-state index contributed by atoms with van der Waals surface area (Å²) in [6.45, 7) is 4.14. The monoisotopic (exact) mass is 299 g/mol. The topological polar surface area (TPSA) is 66.5 Å². The van der Waals surface area contributed by atoms with Crippen molar-refractivity contribution in [1.82, 2.24) is 25.3 Å². The van der Waals surface area contributed by atoms with E-state index in [1.165, 1.54) is 5.56 Å². The molecule has 0 amide bonds. The third-order valence-corrected chi connectivity index (χ3v) is 4.09. The van der Waals surface area contributed by atoms with Gasteiger partial charge in [0.05, 0.1) is 6.33 Å². The molecule has 2 heterocycles. The SMILES string of the molecule is CCCNCc1ccc(Sc2ncnc3nc[nH]c23)cc1. The molecule has 0 unspecified atom stereocenters. The lowest BCUT2D eigenvalue weighted by Crippen LogP contribution is -2.13. The van der Waals surface area contributed by atoms with Crippen LogP contribution in [-0.2, 0) is 6.54 Å². The average molecular weight is 299 g/mol. The molecule has 0 aliphatic rings. The van der Waals surface area contributed by atoms with Crippen molar-refractivity contribution >= 4 is 22.9 Å². The number of H-pyrrole nitrogens is 1. The van der Waals surface area contributed by atoms with Gasteiger partial charge in [-0.2, -0.15) is 0 Å². The second-order valence-electron chi connectivity index (χ2n) is 4.70. The smallest absolute Gasteiger partial charge is 0.181 e. The Labute approximate surface area is 127 Å². The Kier molecular flexibility index (Phi) is 4.47. The van der Waals surface area contributed by atoms with Crippen LogP contribution in [0.15, 0.2) is 46.8 Å². The van der Waals surface area contributed by atoms with Crippen LogP contribution in [0.4, 0.5) is 0 Å². The van der Waals surface area contributed by atoms with Gasteiger partial charge in [0.2, 0.25) is 0 Å². The lowest BCUT2D eigenvalue weighted by molar-refractivity contribution is 0.675. The molecule has 0 fully saturated rings. The Hall–Kier alpha value is -1.92. The number of imidazole rings is 1. The van der Waals surface area contributed by atoms with Crippen LogP contribution < -0.4 is 5.32 Å². The summed E-state index contributed by atoms with van der Waals surface area (Å²) in [6, 6.07) is 8.54. The molecule has 0 atom stereocenters. The molecule has 0 saturated carbocycles. The van der Waals surface area contributed by atoms with E-state index in [4.69, 9.17) is 0 Å². The molecule has 21 heavy (non-hydrogen) atoms. The van der Waals surface area contributed by atoms with Crippen molar-refractivity contribution in [2.45, 2.75) is 29.8 Å². The molecule has 108 valence electrons. The first-order valence-electron chi connectivity index (χ1n) is 6.98. The van der Waals surface area contributed by atoms with Gasteiger partial charge in [-0.1, -0.05) is 30.8 Å². The van der Waals surface area contributed by atoms with Gasteiger partial charge >= 0.3 is 0 Å². The van der Waals surface area contributed by atoms with Crippen molar-refractivity contribution in [3.05, 3.63) is 42.5 Å². The van der Waals surface area contributed by atoms with Gasteiger partial charge in [-0.25, -0.2) is 15.0 Å². The zero-order chi connectivity index (χ0) is 14.5. The van der Waals surface area contributed by atoms with Crippen LogP contribution in [0, 0.1) is 0 Å². The van der Waals surface area contributed by atoms with Crippen molar-refractivity contribution < 1.29 is 0 Å². The first-order valence-corrected chi connectivity index (χ1v) is 7.80. The van der Waals surface area contributed by atoms with Crippen LogP contribution in [0.25, 0.3) is 11.2 Å². The van der Waals surface area contributed by atoms with Crippen LogP contribution in [0.2, 0.25) is 0 Å². The Balaban J connectivity index is 1.71. The maximum atomic E-state index is 4.33. The summed E-state index contributed by atoms with van der Waals surface area (Å²) < 4.78 is 0. The number of aromatic amines is 1. The Bertz CT molecular complexity index is 707. The van der Waals surface area contributed by atoms with Crippen molar-refractivity contribution in [2.24, 2.45) is 0 Å². The number of rotatable bonds is 6. The van der Waals surface area contributed by atoms with Gasteiger partial charge < -0.3 is 10.3 Å². The lowest BCUT2D eigenvalue weighted by Gasteiger charge is -2.05. The Morgan fingerprint density at radius 2 is 2.00 bits per heavy atom. The Morgan fingerprint density at radius 3 is 2.81 bits per heavy atom. The van der Waals surface area contributed by atoms with E-state index in [-0.39, 0.29) is 0 Å². The van der Waals surface area contributed by atoms with Crippen molar-refractivity contribution in [3.8, 4) is 0 Å². The number of benzene rings is 1. The van der Waals surface area contributed by atoms with Gasteiger partial charge in [-0.15, -0.1) is 0 Å². The molecule has 3 rings (SSSR count). The highest BCUT2D eigenvalue weighted by Gasteiger charge is 2.07. The molecule has 6 heteroatoms. The van der Waals surface area contributed by atoms with Crippen LogP contribution in [0.5, 0.6) is 0 Å². The standard InChI is InChI=1S/C15H17N5S/c1-2-7-16-8-11-3-5-12(6-4-11)21-15-13-14(18-9-17-13)19-10-20-15/h3-6,9-10,16H,2,7-8H2,1H3,(H,17,18,19,20). The maximum absolute atomic E-state index is 4.33. The van der Waals surface area contributed by atoms with E-state index in [0.29, 0.717) is 5.65 Å². The van der Waals surface area contributed by atoms with Crippen molar-refractivity contribution in [1.29, 1.82) is 0 Å². The fourth-order valence-electron chi connectivity index (χ4n) is 2.02. The highest BCUT2D eigenvalue weighted by Crippen LogP contribution is 2.29. The van der Waals surface area contributed by atoms with Gasteiger partial charge in [0.25, 0.3) is 0 Å². The zero-order valence-electron chi connectivity index (χ0n) is 11.8. The number of fused-ring (bicyclic) bond motifs is 1. The summed E-state index contributed by atoms with van der Waals surface area (Å²) in [6.07, 6.45) is 4.35. The molecule has 0 bridgehead atoms. The van der Waals surface area contributed by atoms with Gasteiger partial charge in [0.15, 0.2) is 5.65 Å². The molecule has 0 spiro atoms. The van der Waals surface area contributed by atoms with E-state index in [0.717, 1.165) is 34.9 Å². The third-order valence-electron chi connectivity index (χ3n) is 3.08. The van der Waals surface area contributed by atoms with Gasteiger partial charge in [0.1, 0.15) is 16.9 Å². The van der Waals surface area contributed by atoms with E-state index in [2.05, 4.69) is 56.4 Å². The highest BCUT2D eigenvalue weighted by atomic mass is 32.2. The van der Waals surface area contributed by atoms with E-state index < -0.39 is 0 Å². The fourth-order valence-corrected chi connectivity index (χ4v) is 2.86. The molecule has 2 aromatic heterocycles. The number of nitrogens with zero attached hydrogens (tertiary/aromatic N) is 3. The number of aromatic nitrogens is 4. The van der Waals surface area contributed by atoms with E-state index >= 15 is 0 Å². The summed E-state index contributed by atoms with van der Waals surface area (Å²) >= 11 is 1.62. The Morgan fingerprint density at radius 1 is 1.14 bits per heavy atom. The van der Waals surface area contributed by atoms with Crippen molar-refractivity contribution in [3.63, 3.8) is 0 Å². The molecule has 2 N–H and O–H groups in total. The first kappa shape index (κ1) is 14.0. The van der Waals surface area contributed by atoms with Gasteiger partial charge in [-0.05, 0) is 30.7 Å². The molecular weight excluding hydrogens is 282 g/mol. The quantitative estimate of drug-likeness (QED) is 0.541. The third kappa shape index (κ3) is 3.40. The predicted octanol–water partition coefficient (Wildman–Crippen LogP) is 3.00. The summed E-state index contributed by atoms with van der Waals surface area (Å²) in [5.74, 6) is 0. The van der Waals surface area contributed by atoms with E-state index in [1.807, 2.05) is 0 Å². The first-order chi connectivity index (χ1) is 10.4. The largest absolute Gasteiger partial charge is 0.341 e. The second-order valence-corrected chi connectivity index (χ2v) is 5.76. The number of hydrogen-bond acceptors (Lipinski definition) is 5. The minimum Gasteiger partial charge on any atom is -0.341 e. The second kappa shape index (κ2) is 6.69. The van der Waals surface area contributed by atoms with Gasteiger partial charge in [0, 0.05) is 11.4 Å². The average Bonchev–Trinajstić information content (AvgIpc) is 2.99. The molecular formula is C15H17N5S. The molecule has 0 saturated heterocycles. The normalized spacial score (nSPS) is 11.1. The molecule has 0 aliphatic heterocycles. The van der Waals surface area contributed by atoms with Crippen LogP contribution in [0.3, 0.4) is 0 Å². The zero-order valence-corrected chi connectivity index (χ0v) is 12.7. The molecule has 0 radical (unpaired) electrons. The van der Waals surface area contributed by atoms with Gasteiger partial charge in [-0.3, -0.25) is 0 Å². The lowest BCUT2D eigenvalue weighted by atomic mass is 10.2. The van der Waals surface area contributed by atoms with Crippen LogP contribution >= 0.6 is 11.8 Å². The minimum atomic E-state index is 0.702. The van der Waals surface area contributed by atoms with E-state index in [9.17, 15) is 0 Å².